The molecule has 5 nitrogen and oxygen atoms in total. The van der Waals surface area contributed by atoms with Gasteiger partial charge in [-0.05, 0) is 25.8 Å². The predicted octanol–water partition coefficient (Wildman–Crippen LogP) is 1.88. The second-order valence-corrected chi connectivity index (χ2v) is 5.84. The van der Waals surface area contributed by atoms with Gasteiger partial charge in [0.1, 0.15) is 0 Å². The van der Waals surface area contributed by atoms with E-state index in [2.05, 4.69) is 15.2 Å². The first-order valence-electron chi connectivity index (χ1n) is 6.43. The number of nitrogens with one attached hydrogen (secondary N) is 1. The molecule has 0 bridgehead atoms. The Kier molecular flexibility index (Phi) is 3.22. The number of hydrogen-bond donors (Lipinski definition) is 2. The molecule has 6 heteroatoms. The summed E-state index contributed by atoms with van der Waals surface area (Å²) in [4.78, 5) is 17.4. The molecule has 3 rings (SSSR count). The number of anilines is 1. The van der Waals surface area contributed by atoms with Crippen LogP contribution in [0.15, 0.2) is 5.38 Å². The van der Waals surface area contributed by atoms with Gasteiger partial charge >= 0.3 is 5.97 Å². The van der Waals surface area contributed by atoms with Crippen LogP contribution >= 0.6 is 11.3 Å². The summed E-state index contributed by atoms with van der Waals surface area (Å²) in [6.45, 7) is 2.36. The Labute approximate surface area is 110 Å². The lowest BCUT2D eigenvalue weighted by Gasteiger charge is -2.32. The minimum Gasteiger partial charge on any atom is -0.476 e. The summed E-state index contributed by atoms with van der Waals surface area (Å²) < 4.78 is 0. The average molecular weight is 267 g/mol. The molecule has 2 N–H and O–H groups in total. The molecule has 0 amide bonds. The third kappa shape index (κ3) is 2.22. The highest BCUT2D eigenvalue weighted by Crippen LogP contribution is 2.30. The molecule has 0 saturated carbocycles. The van der Waals surface area contributed by atoms with Crippen LogP contribution in [0, 0.1) is 0 Å². The van der Waals surface area contributed by atoms with Crippen LogP contribution in [0.5, 0.6) is 0 Å². The highest BCUT2D eigenvalue weighted by atomic mass is 32.1. The van der Waals surface area contributed by atoms with Gasteiger partial charge in [0.2, 0.25) is 0 Å². The Morgan fingerprint density at radius 1 is 1.44 bits per heavy atom. The zero-order chi connectivity index (χ0) is 12.5. The lowest BCUT2D eigenvalue weighted by molar-refractivity contribution is 0.0691. The van der Waals surface area contributed by atoms with E-state index in [4.69, 9.17) is 5.11 Å². The van der Waals surface area contributed by atoms with Crippen molar-refractivity contribution in [3.63, 3.8) is 0 Å². The van der Waals surface area contributed by atoms with Crippen LogP contribution in [-0.2, 0) is 0 Å². The monoisotopic (exact) mass is 267 g/mol. The van der Waals surface area contributed by atoms with Gasteiger partial charge in [0, 0.05) is 24.0 Å². The molecule has 2 unspecified atom stereocenters. The predicted molar refractivity (Wildman–Crippen MR) is 70.3 cm³/mol. The van der Waals surface area contributed by atoms with Crippen LogP contribution in [0.4, 0.5) is 5.13 Å². The SMILES string of the molecule is O=C(O)c1csc(NC2CCN3CCCCC23)n1. The van der Waals surface area contributed by atoms with Crippen molar-refractivity contribution in [3.8, 4) is 0 Å². The lowest BCUT2D eigenvalue weighted by Crippen LogP contribution is -2.41. The average Bonchev–Trinajstić information content (AvgIpc) is 2.98. The largest absolute Gasteiger partial charge is 0.476 e. The van der Waals surface area contributed by atoms with E-state index in [0.717, 1.165) is 18.1 Å². The summed E-state index contributed by atoms with van der Waals surface area (Å²) in [6, 6.07) is 1.04. The summed E-state index contributed by atoms with van der Waals surface area (Å²) >= 11 is 1.38. The highest BCUT2D eigenvalue weighted by molar-refractivity contribution is 7.13. The number of thiazole rings is 1. The Morgan fingerprint density at radius 3 is 3.11 bits per heavy atom. The normalized spacial score (nSPS) is 28.0. The highest BCUT2D eigenvalue weighted by Gasteiger charge is 2.35. The van der Waals surface area contributed by atoms with Crippen LogP contribution in [0.25, 0.3) is 0 Å². The summed E-state index contributed by atoms with van der Waals surface area (Å²) in [7, 11) is 0. The van der Waals surface area contributed by atoms with Crippen molar-refractivity contribution in [2.75, 3.05) is 18.4 Å². The molecule has 98 valence electrons. The van der Waals surface area contributed by atoms with Crippen molar-refractivity contribution in [2.45, 2.75) is 37.8 Å². The van der Waals surface area contributed by atoms with E-state index in [1.165, 1.54) is 37.1 Å². The molecule has 2 fully saturated rings. The van der Waals surface area contributed by atoms with E-state index < -0.39 is 5.97 Å². The first-order valence-corrected chi connectivity index (χ1v) is 7.31. The Morgan fingerprint density at radius 2 is 2.33 bits per heavy atom. The van der Waals surface area contributed by atoms with E-state index in [1.54, 1.807) is 5.38 Å². The fraction of sp³-hybridized carbons (Fsp3) is 0.667. The van der Waals surface area contributed by atoms with Gasteiger partial charge in [-0.2, -0.15) is 0 Å². The second kappa shape index (κ2) is 4.85. The molecule has 0 aromatic carbocycles. The van der Waals surface area contributed by atoms with Gasteiger partial charge in [0.25, 0.3) is 0 Å². The quantitative estimate of drug-likeness (QED) is 0.875. The van der Waals surface area contributed by atoms with Gasteiger partial charge in [-0.15, -0.1) is 11.3 Å². The van der Waals surface area contributed by atoms with E-state index >= 15 is 0 Å². The molecule has 3 heterocycles. The number of aromatic nitrogens is 1. The maximum absolute atomic E-state index is 10.8. The van der Waals surface area contributed by atoms with E-state index in [0.29, 0.717) is 12.1 Å². The van der Waals surface area contributed by atoms with Crippen LogP contribution in [0.2, 0.25) is 0 Å². The van der Waals surface area contributed by atoms with Gasteiger partial charge in [-0.3, -0.25) is 4.90 Å². The molecular weight excluding hydrogens is 250 g/mol. The van der Waals surface area contributed by atoms with Crippen LogP contribution < -0.4 is 5.32 Å². The van der Waals surface area contributed by atoms with Crippen LogP contribution in [-0.4, -0.2) is 46.1 Å². The molecule has 0 spiro atoms. The number of piperidine rings is 1. The van der Waals surface area contributed by atoms with Crippen molar-refractivity contribution in [1.29, 1.82) is 0 Å². The van der Waals surface area contributed by atoms with Crippen LogP contribution in [0.1, 0.15) is 36.2 Å². The second-order valence-electron chi connectivity index (χ2n) is 4.98. The maximum atomic E-state index is 10.8. The number of carboxylic acids is 1. The summed E-state index contributed by atoms with van der Waals surface area (Å²) in [5.74, 6) is -0.954. The molecule has 18 heavy (non-hydrogen) atoms. The molecule has 0 radical (unpaired) electrons. The Balaban J connectivity index is 1.66. The van der Waals surface area contributed by atoms with Gasteiger partial charge < -0.3 is 10.4 Å². The minimum absolute atomic E-state index is 0.140. The number of carbonyl (C=O) groups is 1. The topological polar surface area (TPSA) is 65.5 Å². The Bertz CT molecular complexity index is 448. The Hall–Kier alpha value is -1.14. The van der Waals surface area contributed by atoms with Crippen molar-refractivity contribution < 1.29 is 9.90 Å². The maximum Gasteiger partial charge on any atom is 0.355 e. The summed E-state index contributed by atoms with van der Waals surface area (Å²) in [5, 5.41) is 14.6. The molecule has 0 aliphatic carbocycles. The fourth-order valence-electron chi connectivity index (χ4n) is 3.01. The number of carboxylic acid groups (broad SMARTS) is 1. The van der Waals surface area contributed by atoms with E-state index in [1.807, 2.05) is 0 Å². The standard InChI is InChI=1S/C12H17N3O2S/c16-11(17)9-7-18-12(14-9)13-8-4-6-15-5-2-1-3-10(8)15/h7-8,10H,1-6H2,(H,13,14)(H,16,17). The minimum atomic E-state index is -0.954. The number of nitrogens with zero attached hydrogens (tertiary/aromatic N) is 2. The first kappa shape index (κ1) is 11.9. The summed E-state index contributed by atoms with van der Waals surface area (Å²) in [6.07, 6.45) is 4.99. The smallest absolute Gasteiger partial charge is 0.355 e. The van der Waals surface area contributed by atoms with Gasteiger partial charge in [-0.25, -0.2) is 9.78 Å². The van der Waals surface area contributed by atoms with Crippen molar-refractivity contribution in [2.24, 2.45) is 0 Å². The fourth-order valence-corrected chi connectivity index (χ4v) is 3.76. The molecular formula is C12H17N3O2S. The van der Waals surface area contributed by atoms with E-state index in [9.17, 15) is 4.79 Å². The zero-order valence-corrected chi connectivity index (χ0v) is 10.9. The molecule has 2 aliphatic rings. The summed E-state index contributed by atoms with van der Waals surface area (Å²) in [5.41, 5.74) is 0.140. The van der Waals surface area contributed by atoms with Crippen LogP contribution in [0.3, 0.4) is 0 Å². The zero-order valence-electron chi connectivity index (χ0n) is 10.1. The van der Waals surface area contributed by atoms with Gasteiger partial charge in [0.15, 0.2) is 10.8 Å². The molecule has 2 aliphatic heterocycles. The van der Waals surface area contributed by atoms with Gasteiger partial charge in [0.05, 0.1) is 0 Å². The number of fused-ring (bicyclic) bond motifs is 1. The van der Waals surface area contributed by atoms with E-state index in [-0.39, 0.29) is 5.69 Å². The third-order valence-electron chi connectivity index (χ3n) is 3.89. The molecule has 1 aromatic heterocycles. The van der Waals surface area contributed by atoms with Crippen molar-refractivity contribution >= 4 is 22.4 Å². The molecule has 2 saturated heterocycles. The number of hydrogen-bond acceptors (Lipinski definition) is 5. The number of rotatable bonds is 3. The van der Waals surface area contributed by atoms with Gasteiger partial charge in [-0.1, -0.05) is 6.42 Å². The molecule has 1 aromatic rings. The van der Waals surface area contributed by atoms with Crippen molar-refractivity contribution in [3.05, 3.63) is 11.1 Å². The lowest BCUT2D eigenvalue weighted by atomic mass is 9.99. The van der Waals surface area contributed by atoms with Crippen molar-refractivity contribution in [1.82, 2.24) is 9.88 Å². The number of aromatic carboxylic acids is 1. The molecule has 2 atom stereocenters. The third-order valence-corrected chi connectivity index (χ3v) is 4.66. The first-order chi connectivity index (χ1) is 8.74.